The molecule has 1 aromatic carbocycles. The number of aryl methyl sites for hydroxylation is 3. The van der Waals surface area contributed by atoms with Gasteiger partial charge >= 0.3 is 0 Å². The summed E-state index contributed by atoms with van der Waals surface area (Å²) < 4.78 is 0. The van der Waals surface area contributed by atoms with E-state index in [1.807, 2.05) is 58.0 Å². The maximum absolute atomic E-state index is 14.2. The molecule has 0 bridgehead atoms. The van der Waals surface area contributed by atoms with E-state index in [0.717, 1.165) is 53.1 Å². The summed E-state index contributed by atoms with van der Waals surface area (Å²) in [7, 11) is 0. The van der Waals surface area contributed by atoms with Gasteiger partial charge in [0.05, 0.1) is 10.7 Å². The van der Waals surface area contributed by atoms with Gasteiger partial charge in [-0.15, -0.1) is 11.3 Å². The summed E-state index contributed by atoms with van der Waals surface area (Å²) in [6, 6.07) is 8.83. The molecule has 3 aromatic rings. The van der Waals surface area contributed by atoms with Crippen molar-refractivity contribution in [1.29, 1.82) is 0 Å². The molecule has 2 heterocycles. The smallest absolute Gasteiger partial charge is 0.271 e. The average molecular weight is 477 g/mol. The fourth-order valence-corrected chi connectivity index (χ4v) is 5.55. The van der Waals surface area contributed by atoms with Crippen molar-refractivity contribution in [3.8, 4) is 0 Å². The number of hydrogen-bond donors (Lipinski definition) is 1. The maximum atomic E-state index is 14.2. The largest absolute Gasteiger partial charge is 0.351 e. The summed E-state index contributed by atoms with van der Waals surface area (Å²) in [4.78, 5) is 38.9. The second-order valence-electron chi connectivity index (χ2n) is 9.07. The zero-order valence-corrected chi connectivity index (χ0v) is 21.1. The predicted octanol–water partition coefficient (Wildman–Crippen LogP) is 5.61. The van der Waals surface area contributed by atoms with E-state index in [0.29, 0.717) is 10.6 Å². The zero-order chi connectivity index (χ0) is 24.2. The van der Waals surface area contributed by atoms with Crippen LogP contribution in [-0.4, -0.2) is 27.8 Å². The molecule has 6 nitrogen and oxygen atoms in total. The first kappa shape index (κ1) is 24.1. The molecular weight excluding hydrogens is 444 g/mol. The lowest BCUT2D eigenvalue weighted by Crippen LogP contribution is -2.47. The fourth-order valence-electron chi connectivity index (χ4n) is 4.69. The van der Waals surface area contributed by atoms with Crippen LogP contribution in [0.1, 0.15) is 75.2 Å². The van der Waals surface area contributed by atoms with Crippen molar-refractivity contribution in [3.05, 3.63) is 75.0 Å². The zero-order valence-electron chi connectivity index (χ0n) is 20.3. The van der Waals surface area contributed by atoms with E-state index in [2.05, 4.69) is 15.3 Å². The Bertz CT molecular complexity index is 1170. The van der Waals surface area contributed by atoms with Gasteiger partial charge in [-0.1, -0.05) is 31.4 Å². The molecule has 0 saturated heterocycles. The number of anilines is 1. The molecule has 1 fully saturated rings. The number of nitrogens with one attached hydrogen (secondary N) is 1. The van der Waals surface area contributed by atoms with E-state index in [9.17, 15) is 9.59 Å². The van der Waals surface area contributed by atoms with E-state index < -0.39 is 6.04 Å². The van der Waals surface area contributed by atoms with Gasteiger partial charge in [0, 0.05) is 24.1 Å². The van der Waals surface area contributed by atoms with Crippen LogP contribution in [0.4, 0.5) is 5.69 Å². The minimum Gasteiger partial charge on any atom is -0.351 e. The standard InChI is InChI=1S/C27H32N4O2S/c1-17-9-8-12-23(18(17)2)31(27(33)25-19(3)29-20(4)34-25)24(21-13-15-28-16-14-21)26(32)30-22-10-6-5-7-11-22/h8-9,12-16,22,24H,5-7,10-11H2,1-4H3,(H,30,32). The molecule has 0 spiro atoms. The fraction of sp³-hybridized carbons (Fsp3) is 0.407. The minimum atomic E-state index is -0.820. The van der Waals surface area contributed by atoms with Gasteiger partial charge in [0.15, 0.2) is 0 Å². The second-order valence-corrected chi connectivity index (χ2v) is 10.3. The Balaban J connectivity index is 1.85. The second kappa shape index (κ2) is 10.5. The highest BCUT2D eigenvalue weighted by Gasteiger charge is 2.36. The van der Waals surface area contributed by atoms with Crippen LogP contribution in [0.3, 0.4) is 0 Å². The number of amides is 2. The third-order valence-electron chi connectivity index (χ3n) is 6.63. The number of hydrogen-bond acceptors (Lipinski definition) is 5. The topological polar surface area (TPSA) is 75.2 Å². The van der Waals surface area contributed by atoms with Crippen molar-refractivity contribution < 1.29 is 9.59 Å². The van der Waals surface area contributed by atoms with Crippen molar-refractivity contribution in [2.45, 2.75) is 71.9 Å². The number of thiazole rings is 1. The number of benzene rings is 1. The van der Waals surface area contributed by atoms with E-state index >= 15 is 0 Å². The normalized spacial score (nSPS) is 15.1. The summed E-state index contributed by atoms with van der Waals surface area (Å²) in [5.74, 6) is -0.372. The van der Waals surface area contributed by atoms with Crippen molar-refractivity contribution >= 4 is 28.8 Å². The van der Waals surface area contributed by atoms with Gasteiger partial charge < -0.3 is 5.32 Å². The Morgan fingerprint density at radius 2 is 1.74 bits per heavy atom. The Morgan fingerprint density at radius 3 is 2.38 bits per heavy atom. The quantitative estimate of drug-likeness (QED) is 0.502. The van der Waals surface area contributed by atoms with Crippen LogP contribution in [0.5, 0.6) is 0 Å². The number of carbonyl (C=O) groups excluding carboxylic acids is 2. The SMILES string of the molecule is Cc1nc(C)c(C(=O)N(c2cccc(C)c2C)C(C(=O)NC2CCCCC2)c2ccncc2)s1. The molecule has 1 aliphatic carbocycles. The van der Waals surface area contributed by atoms with Crippen molar-refractivity contribution in [2.24, 2.45) is 0 Å². The molecule has 1 atom stereocenters. The summed E-state index contributed by atoms with van der Waals surface area (Å²) in [5.41, 5.74) is 4.18. The predicted molar refractivity (Wildman–Crippen MR) is 136 cm³/mol. The Kier molecular flexibility index (Phi) is 7.41. The van der Waals surface area contributed by atoms with Crippen LogP contribution in [0.25, 0.3) is 0 Å². The molecule has 4 rings (SSSR count). The Morgan fingerprint density at radius 1 is 1.03 bits per heavy atom. The summed E-state index contributed by atoms with van der Waals surface area (Å²) in [5, 5.41) is 4.09. The van der Waals surface area contributed by atoms with Gasteiger partial charge in [-0.25, -0.2) is 4.98 Å². The molecule has 1 N–H and O–H groups in total. The average Bonchev–Trinajstić information content (AvgIpc) is 3.18. The molecule has 1 aliphatic rings. The monoisotopic (exact) mass is 476 g/mol. The molecule has 0 aliphatic heterocycles. The number of aromatic nitrogens is 2. The summed E-state index contributed by atoms with van der Waals surface area (Å²) >= 11 is 1.37. The number of nitrogens with zero attached hydrogens (tertiary/aromatic N) is 3. The molecule has 1 unspecified atom stereocenters. The van der Waals surface area contributed by atoms with Crippen LogP contribution < -0.4 is 10.2 Å². The van der Waals surface area contributed by atoms with E-state index in [1.165, 1.54) is 17.8 Å². The Labute approximate surface area is 205 Å². The highest BCUT2D eigenvalue weighted by atomic mass is 32.1. The third kappa shape index (κ3) is 5.04. The molecule has 34 heavy (non-hydrogen) atoms. The van der Waals surface area contributed by atoms with Crippen LogP contribution in [0.15, 0.2) is 42.7 Å². The van der Waals surface area contributed by atoms with Crippen LogP contribution in [0.2, 0.25) is 0 Å². The van der Waals surface area contributed by atoms with Crippen LogP contribution >= 0.6 is 11.3 Å². The number of carbonyl (C=O) groups is 2. The van der Waals surface area contributed by atoms with E-state index in [1.54, 1.807) is 17.3 Å². The molecule has 1 saturated carbocycles. The Hall–Kier alpha value is -3.06. The molecule has 7 heteroatoms. The molecule has 2 aromatic heterocycles. The van der Waals surface area contributed by atoms with Crippen molar-refractivity contribution in [1.82, 2.24) is 15.3 Å². The van der Waals surface area contributed by atoms with Gasteiger partial charge in [-0.2, -0.15) is 0 Å². The van der Waals surface area contributed by atoms with Crippen LogP contribution in [-0.2, 0) is 4.79 Å². The first-order chi connectivity index (χ1) is 16.4. The van der Waals surface area contributed by atoms with Gasteiger partial charge in [0.25, 0.3) is 5.91 Å². The first-order valence-corrected chi connectivity index (χ1v) is 12.7. The third-order valence-corrected chi connectivity index (χ3v) is 7.69. The number of rotatable bonds is 6. The van der Waals surface area contributed by atoms with Gasteiger partial charge in [0.1, 0.15) is 10.9 Å². The lowest BCUT2D eigenvalue weighted by molar-refractivity contribution is -0.123. The minimum absolute atomic E-state index is 0.133. The summed E-state index contributed by atoms with van der Waals surface area (Å²) in [6.45, 7) is 7.76. The highest BCUT2D eigenvalue weighted by Crippen LogP contribution is 2.35. The van der Waals surface area contributed by atoms with E-state index in [4.69, 9.17) is 0 Å². The molecule has 178 valence electrons. The molecular formula is C27H32N4O2S. The molecule has 2 amide bonds. The first-order valence-electron chi connectivity index (χ1n) is 11.9. The van der Waals surface area contributed by atoms with Gasteiger partial charge in [0.2, 0.25) is 5.91 Å². The molecule has 0 radical (unpaired) electrons. The van der Waals surface area contributed by atoms with Gasteiger partial charge in [-0.3, -0.25) is 19.5 Å². The van der Waals surface area contributed by atoms with Crippen LogP contribution in [0, 0.1) is 27.7 Å². The van der Waals surface area contributed by atoms with E-state index in [-0.39, 0.29) is 17.9 Å². The number of pyridine rings is 1. The van der Waals surface area contributed by atoms with Gasteiger partial charge in [-0.05, 0) is 75.4 Å². The maximum Gasteiger partial charge on any atom is 0.271 e. The van der Waals surface area contributed by atoms with Crippen molar-refractivity contribution in [2.75, 3.05) is 4.90 Å². The summed E-state index contributed by atoms with van der Waals surface area (Å²) in [6.07, 6.45) is 8.72. The van der Waals surface area contributed by atoms with Crippen molar-refractivity contribution in [3.63, 3.8) is 0 Å². The highest BCUT2D eigenvalue weighted by molar-refractivity contribution is 7.13. The lowest BCUT2D eigenvalue weighted by Gasteiger charge is -2.34. The lowest BCUT2D eigenvalue weighted by atomic mass is 9.94.